The maximum atomic E-state index is 10.6. The Morgan fingerprint density at radius 2 is 2.23 bits per heavy atom. The average molecular weight is 246 g/mol. The van der Waals surface area contributed by atoms with Crippen molar-refractivity contribution in [3.63, 3.8) is 0 Å². The molecule has 0 radical (unpaired) electrons. The topological polar surface area (TPSA) is 59.3 Å². The summed E-state index contributed by atoms with van der Waals surface area (Å²) in [7, 11) is 3.42. The Labute approximate surface area is 83.7 Å². The maximum absolute atomic E-state index is 10.6. The smallest absolute Gasteiger partial charge is 0.312 e. The second-order valence-electron chi connectivity index (χ2n) is 2.65. The third kappa shape index (κ3) is 2.15. The van der Waals surface area contributed by atoms with Gasteiger partial charge in [-0.15, -0.1) is 0 Å². The summed E-state index contributed by atoms with van der Waals surface area (Å²) < 4.78 is 0.602. The molecule has 1 heterocycles. The van der Waals surface area contributed by atoms with Crippen LogP contribution < -0.4 is 4.90 Å². The van der Waals surface area contributed by atoms with Crippen molar-refractivity contribution in [2.45, 2.75) is 0 Å². The van der Waals surface area contributed by atoms with E-state index in [1.165, 1.54) is 12.3 Å². The lowest BCUT2D eigenvalue weighted by atomic mass is 10.4. The molecule has 0 N–H and O–H groups in total. The fraction of sp³-hybridized carbons (Fsp3) is 0.286. The predicted octanol–water partition coefficient (Wildman–Crippen LogP) is 1.82. The minimum absolute atomic E-state index is 0.000579. The SMILES string of the molecule is CN(C)c1ncc(Br)cc1[N+](=O)[O-]. The Bertz CT molecular complexity index is 341. The second kappa shape index (κ2) is 3.69. The van der Waals surface area contributed by atoms with E-state index in [1.807, 2.05) is 0 Å². The highest BCUT2D eigenvalue weighted by Crippen LogP contribution is 2.26. The molecule has 0 aromatic carbocycles. The highest BCUT2D eigenvalue weighted by atomic mass is 79.9. The highest BCUT2D eigenvalue weighted by molar-refractivity contribution is 9.10. The third-order valence-electron chi connectivity index (χ3n) is 1.43. The van der Waals surface area contributed by atoms with E-state index >= 15 is 0 Å². The van der Waals surface area contributed by atoms with Crippen molar-refractivity contribution in [1.82, 2.24) is 4.98 Å². The molecular weight excluding hydrogens is 238 g/mol. The van der Waals surface area contributed by atoms with Crippen LogP contribution in [0.25, 0.3) is 0 Å². The van der Waals surface area contributed by atoms with E-state index in [-0.39, 0.29) is 5.69 Å². The summed E-state index contributed by atoms with van der Waals surface area (Å²) in [5, 5.41) is 10.6. The van der Waals surface area contributed by atoms with Gasteiger partial charge in [-0.2, -0.15) is 0 Å². The molecule has 1 aromatic heterocycles. The molecule has 1 aromatic rings. The minimum Gasteiger partial charge on any atom is -0.357 e. The van der Waals surface area contributed by atoms with E-state index < -0.39 is 4.92 Å². The molecule has 70 valence electrons. The van der Waals surface area contributed by atoms with Gasteiger partial charge in [0.2, 0.25) is 5.82 Å². The van der Waals surface area contributed by atoms with Gasteiger partial charge in [-0.1, -0.05) is 0 Å². The molecule has 0 unspecified atom stereocenters. The minimum atomic E-state index is -0.451. The number of anilines is 1. The zero-order chi connectivity index (χ0) is 10.0. The summed E-state index contributed by atoms with van der Waals surface area (Å²) >= 11 is 3.13. The van der Waals surface area contributed by atoms with Crippen LogP contribution in [0.3, 0.4) is 0 Å². The number of pyridine rings is 1. The van der Waals surface area contributed by atoms with Crippen LogP contribution in [0.2, 0.25) is 0 Å². The van der Waals surface area contributed by atoms with Crippen LogP contribution in [0, 0.1) is 10.1 Å². The summed E-state index contributed by atoms with van der Waals surface area (Å²) in [6, 6.07) is 1.43. The first-order valence-corrected chi connectivity index (χ1v) is 4.29. The van der Waals surface area contributed by atoms with E-state index in [4.69, 9.17) is 0 Å². The van der Waals surface area contributed by atoms with Gasteiger partial charge in [0.1, 0.15) is 0 Å². The van der Waals surface area contributed by atoms with Crippen LogP contribution in [-0.2, 0) is 0 Å². The third-order valence-corrected chi connectivity index (χ3v) is 1.87. The fourth-order valence-electron chi connectivity index (χ4n) is 0.900. The molecule has 0 bridgehead atoms. The van der Waals surface area contributed by atoms with Crippen LogP contribution in [0.1, 0.15) is 0 Å². The Morgan fingerprint density at radius 3 is 2.69 bits per heavy atom. The number of hydrogen-bond acceptors (Lipinski definition) is 4. The summed E-state index contributed by atoms with van der Waals surface area (Å²) in [5.74, 6) is 0.355. The lowest BCUT2D eigenvalue weighted by Crippen LogP contribution is -2.12. The summed E-state index contributed by atoms with van der Waals surface area (Å²) in [5.41, 5.74) is -0.000579. The summed E-state index contributed by atoms with van der Waals surface area (Å²) in [6.07, 6.45) is 1.53. The molecule has 0 aliphatic rings. The molecule has 6 heteroatoms. The van der Waals surface area contributed by atoms with Crippen LogP contribution in [-0.4, -0.2) is 24.0 Å². The van der Waals surface area contributed by atoms with Gasteiger partial charge in [0.25, 0.3) is 0 Å². The fourth-order valence-corrected chi connectivity index (χ4v) is 1.22. The van der Waals surface area contributed by atoms with E-state index in [0.717, 1.165) is 0 Å². The molecule has 5 nitrogen and oxygen atoms in total. The van der Waals surface area contributed by atoms with Crippen molar-refractivity contribution in [3.8, 4) is 0 Å². The normalized spacial score (nSPS) is 9.77. The Balaban J connectivity index is 3.27. The number of nitrogens with zero attached hydrogens (tertiary/aromatic N) is 3. The van der Waals surface area contributed by atoms with Crippen molar-refractivity contribution in [2.75, 3.05) is 19.0 Å². The molecule has 0 atom stereocenters. The van der Waals surface area contributed by atoms with Crippen molar-refractivity contribution in [2.24, 2.45) is 0 Å². The number of nitro groups is 1. The van der Waals surface area contributed by atoms with E-state index in [9.17, 15) is 10.1 Å². The Hall–Kier alpha value is -1.17. The lowest BCUT2D eigenvalue weighted by molar-refractivity contribution is -0.384. The first kappa shape index (κ1) is 9.91. The van der Waals surface area contributed by atoms with E-state index in [2.05, 4.69) is 20.9 Å². The monoisotopic (exact) mass is 245 g/mol. The van der Waals surface area contributed by atoms with Crippen LogP contribution >= 0.6 is 15.9 Å². The van der Waals surface area contributed by atoms with Crippen molar-refractivity contribution >= 4 is 27.4 Å². The van der Waals surface area contributed by atoms with Gasteiger partial charge in [0.05, 0.1) is 4.92 Å². The van der Waals surface area contributed by atoms with Crippen molar-refractivity contribution in [1.29, 1.82) is 0 Å². The lowest BCUT2D eigenvalue weighted by Gasteiger charge is -2.10. The largest absolute Gasteiger partial charge is 0.357 e. The summed E-state index contributed by atoms with van der Waals surface area (Å²) in [4.78, 5) is 15.7. The van der Waals surface area contributed by atoms with E-state index in [1.54, 1.807) is 19.0 Å². The predicted molar refractivity (Wildman–Crippen MR) is 52.9 cm³/mol. The molecule has 0 aliphatic carbocycles. The van der Waals surface area contributed by atoms with Crippen molar-refractivity contribution < 1.29 is 4.92 Å². The molecule has 0 saturated carbocycles. The number of aromatic nitrogens is 1. The van der Waals surface area contributed by atoms with Crippen molar-refractivity contribution in [3.05, 3.63) is 26.9 Å². The van der Waals surface area contributed by atoms with Gasteiger partial charge in [-0.25, -0.2) is 4.98 Å². The second-order valence-corrected chi connectivity index (χ2v) is 3.56. The van der Waals surface area contributed by atoms with Crippen LogP contribution in [0.5, 0.6) is 0 Å². The van der Waals surface area contributed by atoms with Crippen LogP contribution in [0.15, 0.2) is 16.7 Å². The molecule has 0 spiro atoms. The van der Waals surface area contributed by atoms with E-state index in [0.29, 0.717) is 10.3 Å². The van der Waals surface area contributed by atoms with Gasteiger partial charge in [-0.05, 0) is 15.9 Å². The quantitative estimate of drug-likeness (QED) is 0.589. The maximum Gasteiger partial charge on any atom is 0.312 e. The average Bonchev–Trinajstić information content (AvgIpc) is 2.03. The summed E-state index contributed by atoms with van der Waals surface area (Å²) in [6.45, 7) is 0. The van der Waals surface area contributed by atoms with Gasteiger partial charge in [0, 0.05) is 30.8 Å². The van der Waals surface area contributed by atoms with Gasteiger partial charge < -0.3 is 4.90 Å². The molecule has 13 heavy (non-hydrogen) atoms. The zero-order valence-electron chi connectivity index (χ0n) is 7.19. The van der Waals surface area contributed by atoms with Gasteiger partial charge >= 0.3 is 5.69 Å². The molecule has 0 amide bonds. The number of hydrogen-bond donors (Lipinski definition) is 0. The zero-order valence-corrected chi connectivity index (χ0v) is 8.78. The molecular formula is C7H8BrN3O2. The first-order valence-electron chi connectivity index (χ1n) is 3.49. The highest BCUT2D eigenvalue weighted by Gasteiger charge is 2.16. The number of rotatable bonds is 2. The number of halogens is 1. The molecule has 1 rings (SSSR count). The molecule has 0 saturated heterocycles. The molecule has 0 fully saturated rings. The first-order chi connectivity index (χ1) is 6.02. The Kier molecular flexibility index (Phi) is 2.82. The van der Waals surface area contributed by atoms with Gasteiger partial charge in [0.15, 0.2) is 0 Å². The van der Waals surface area contributed by atoms with Crippen LogP contribution in [0.4, 0.5) is 11.5 Å². The standard InChI is InChI=1S/C7H8BrN3O2/c1-10(2)7-6(11(12)13)3-5(8)4-9-7/h3-4H,1-2H3. The van der Waals surface area contributed by atoms with Gasteiger partial charge in [-0.3, -0.25) is 10.1 Å². The molecule has 0 aliphatic heterocycles. The Morgan fingerprint density at radius 1 is 1.62 bits per heavy atom.